The minimum Gasteiger partial charge on any atom is -0.493 e. The Kier molecular flexibility index (Phi) is 5.58. The molecule has 0 spiro atoms. The summed E-state index contributed by atoms with van der Waals surface area (Å²) >= 11 is 12.1. The van der Waals surface area contributed by atoms with Gasteiger partial charge in [-0.25, -0.2) is 0 Å². The number of nitrogens with one attached hydrogen (secondary N) is 1. The van der Waals surface area contributed by atoms with Gasteiger partial charge in [0.15, 0.2) is 11.5 Å². The van der Waals surface area contributed by atoms with E-state index in [0.717, 1.165) is 0 Å². The summed E-state index contributed by atoms with van der Waals surface area (Å²) in [5.41, 5.74) is 6.30. The van der Waals surface area contributed by atoms with Gasteiger partial charge in [0.05, 0.1) is 41.6 Å². The summed E-state index contributed by atoms with van der Waals surface area (Å²) in [6.45, 7) is 0. The number of benzene rings is 2. The van der Waals surface area contributed by atoms with Gasteiger partial charge < -0.3 is 20.5 Å². The monoisotopic (exact) mass is 419 g/mol. The first kappa shape index (κ1) is 19.7. The summed E-state index contributed by atoms with van der Waals surface area (Å²) in [7, 11) is 2.96. The number of halogens is 2. The summed E-state index contributed by atoms with van der Waals surface area (Å²) < 4.78 is 10.6. The number of pyridine rings is 1. The Morgan fingerprint density at radius 1 is 1.04 bits per heavy atom. The van der Waals surface area contributed by atoms with E-state index in [1.165, 1.54) is 32.5 Å². The molecule has 3 N–H and O–H groups in total. The third-order valence-corrected chi connectivity index (χ3v) is 4.61. The first-order chi connectivity index (χ1) is 13.3. The van der Waals surface area contributed by atoms with Crippen molar-refractivity contribution in [1.82, 2.24) is 4.98 Å². The van der Waals surface area contributed by atoms with Crippen molar-refractivity contribution in [1.29, 1.82) is 0 Å². The Bertz CT molecular complexity index is 1100. The number of rotatable bonds is 5. The number of methoxy groups -OCH3 is 2. The van der Waals surface area contributed by atoms with Gasteiger partial charge in [-0.1, -0.05) is 23.2 Å². The molecule has 0 saturated heterocycles. The molecule has 0 unspecified atom stereocenters. The average Bonchev–Trinajstić information content (AvgIpc) is 2.68. The molecule has 0 aliphatic rings. The van der Waals surface area contributed by atoms with Crippen molar-refractivity contribution in [2.75, 3.05) is 19.5 Å². The molecule has 0 atom stereocenters. The van der Waals surface area contributed by atoms with Gasteiger partial charge >= 0.3 is 0 Å². The highest BCUT2D eigenvalue weighted by Gasteiger charge is 2.20. The molecule has 28 heavy (non-hydrogen) atoms. The Labute approximate surface area is 170 Å². The predicted molar refractivity (Wildman–Crippen MR) is 108 cm³/mol. The van der Waals surface area contributed by atoms with Crippen LogP contribution in [0, 0.1) is 0 Å². The number of hydrogen-bond acceptors (Lipinski definition) is 5. The van der Waals surface area contributed by atoms with Crippen LogP contribution in [-0.2, 0) is 0 Å². The number of carbonyl (C=O) groups is 2. The standard InChI is InChI=1S/C19H15Cl2N3O4/c1-27-15-6-11-14(7-16(15)28-2)23-8-12(18(22)25)17(11)24-19(26)10-5-9(20)3-4-13(10)21/h3-8H,1-2H3,(H2,22,25)(H,23,24,26). The number of aromatic nitrogens is 1. The van der Waals surface area contributed by atoms with Gasteiger partial charge in [0.1, 0.15) is 0 Å². The molecule has 0 bridgehead atoms. The quantitative estimate of drug-likeness (QED) is 0.652. The summed E-state index contributed by atoms with van der Waals surface area (Å²) in [6.07, 6.45) is 1.28. The van der Waals surface area contributed by atoms with Gasteiger partial charge in [0.2, 0.25) is 0 Å². The first-order valence-corrected chi connectivity index (χ1v) is 8.72. The number of ether oxygens (including phenoxy) is 2. The van der Waals surface area contributed by atoms with Crippen LogP contribution in [0.25, 0.3) is 10.9 Å². The van der Waals surface area contributed by atoms with E-state index in [0.29, 0.717) is 27.4 Å². The van der Waals surface area contributed by atoms with Crippen molar-refractivity contribution in [2.45, 2.75) is 0 Å². The highest BCUT2D eigenvalue weighted by atomic mass is 35.5. The van der Waals surface area contributed by atoms with E-state index in [9.17, 15) is 9.59 Å². The van der Waals surface area contributed by atoms with Crippen LogP contribution in [0.1, 0.15) is 20.7 Å². The first-order valence-electron chi connectivity index (χ1n) is 7.96. The molecule has 9 heteroatoms. The minimum absolute atomic E-state index is 0.0335. The molecule has 7 nitrogen and oxygen atoms in total. The van der Waals surface area contributed by atoms with Gasteiger partial charge in [-0.15, -0.1) is 0 Å². The van der Waals surface area contributed by atoms with Crippen LogP contribution >= 0.6 is 23.2 Å². The molecule has 0 fully saturated rings. The molecule has 0 radical (unpaired) electrons. The zero-order chi connectivity index (χ0) is 20.4. The predicted octanol–water partition coefficient (Wildman–Crippen LogP) is 3.91. The van der Waals surface area contributed by atoms with Crippen LogP contribution in [0.5, 0.6) is 11.5 Å². The molecule has 0 aliphatic carbocycles. The van der Waals surface area contributed by atoms with Gasteiger partial charge in [0, 0.05) is 22.7 Å². The molecule has 0 saturated carbocycles. The lowest BCUT2D eigenvalue weighted by atomic mass is 10.1. The lowest BCUT2D eigenvalue weighted by Gasteiger charge is -2.15. The zero-order valence-electron chi connectivity index (χ0n) is 14.9. The van der Waals surface area contributed by atoms with E-state index in [1.54, 1.807) is 18.2 Å². The van der Waals surface area contributed by atoms with Crippen LogP contribution in [0.4, 0.5) is 5.69 Å². The SMILES string of the molecule is COc1cc2ncc(C(N)=O)c(NC(=O)c3cc(Cl)ccc3Cl)c2cc1OC. The third-order valence-electron chi connectivity index (χ3n) is 4.05. The third kappa shape index (κ3) is 3.67. The van der Waals surface area contributed by atoms with Gasteiger partial charge in [-0.3, -0.25) is 14.6 Å². The molecule has 144 valence electrons. The van der Waals surface area contributed by atoms with E-state index in [4.69, 9.17) is 38.4 Å². The lowest BCUT2D eigenvalue weighted by Crippen LogP contribution is -2.19. The summed E-state index contributed by atoms with van der Waals surface area (Å²) in [5, 5.41) is 3.69. The van der Waals surface area contributed by atoms with Gasteiger partial charge in [-0.2, -0.15) is 0 Å². The van der Waals surface area contributed by atoms with E-state index < -0.39 is 11.8 Å². The van der Waals surface area contributed by atoms with Crippen LogP contribution in [0.3, 0.4) is 0 Å². The summed E-state index contributed by atoms with van der Waals surface area (Å²) in [4.78, 5) is 28.9. The number of fused-ring (bicyclic) bond motifs is 1. The molecular formula is C19H15Cl2N3O4. The fourth-order valence-corrected chi connectivity index (χ4v) is 3.07. The Morgan fingerprint density at radius 2 is 1.71 bits per heavy atom. The van der Waals surface area contributed by atoms with Gasteiger partial charge in [0.25, 0.3) is 11.8 Å². The molecule has 2 aromatic carbocycles. The highest BCUT2D eigenvalue weighted by Crippen LogP contribution is 2.36. The van der Waals surface area contributed by atoms with E-state index >= 15 is 0 Å². The number of amides is 2. The fraction of sp³-hybridized carbons (Fsp3) is 0.105. The smallest absolute Gasteiger partial charge is 0.257 e. The Morgan fingerprint density at radius 3 is 2.36 bits per heavy atom. The average molecular weight is 420 g/mol. The molecular weight excluding hydrogens is 405 g/mol. The Balaban J connectivity index is 2.19. The largest absolute Gasteiger partial charge is 0.493 e. The molecule has 1 aromatic heterocycles. The normalized spacial score (nSPS) is 10.6. The number of anilines is 1. The number of nitrogens with zero attached hydrogens (tertiary/aromatic N) is 1. The summed E-state index contributed by atoms with van der Waals surface area (Å²) in [6, 6.07) is 7.72. The van der Waals surface area contributed by atoms with Crippen molar-refractivity contribution < 1.29 is 19.1 Å². The zero-order valence-corrected chi connectivity index (χ0v) is 16.4. The van der Waals surface area contributed by atoms with Gasteiger partial charge in [-0.05, 0) is 24.3 Å². The lowest BCUT2D eigenvalue weighted by molar-refractivity contribution is 0.100. The minimum atomic E-state index is -0.753. The Hall–Kier alpha value is -3.03. The number of primary amides is 1. The highest BCUT2D eigenvalue weighted by molar-refractivity contribution is 6.36. The maximum absolute atomic E-state index is 12.8. The van der Waals surface area contributed by atoms with Crippen molar-refractivity contribution in [3.63, 3.8) is 0 Å². The van der Waals surface area contributed by atoms with E-state index in [-0.39, 0.29) is 21.8 Å². The number of carbonyl (C=O) groups excluding carboxylic acids is 2. The van der Waals surface area contributed by atoms with E-state index in [1.807, 2.05) is 0 Å². The van der Waals surface area contributed by atoms with Crippen LogP contribution in [0.2, 0.25) is 10.0 Å². The maximum atomic E-state index is 12.8. The topological polar surface area (TPSA) is 104 Å². The molecule has 3 rings (SSSR count). The molecule has 2 amide bonds. The molecule has 1 heterocycles. The molecule has 3 aromatic rings. The second-order valence-corrected chi connectivity index (χ2v) is 6.56. The van der Waals surface area contributed by atoms with Crippen molar-refractivity contribution in [2.24, 2.45) is 5.73 Å². The van der Waals surface area contributed by atoms with Crippen molar-refractivity contribution >= 4 is 51.6 Å². The number of nitrogens with two attached hydrogens (primary N) is 1. The fourth-order valence-electron chi connectivity index (χ4n) is 2.69. The second-order valence-electron chi connectivity index (χ2n) is 5.71. The number of hydrogen-bond donors (Lipinski definition) is 2. The van der Waals surface area contributed by atoms with Crippen LogP contribution in [-0.4, -0.2) is 31.0 Å². The summed E-state index contributed by atoms with van der Waals surface area (Å²) in [5.74, 6) is -0.465. The maximum Gasteiger partial charge on any atom is 0.257 e. The van der Waals surface area contributed by atoms with Crippen LogP contribution < -0.4 is 20.5 Å². The van der Waals surface area contributed by atoms with E-state index in [2.05, 4.69) is 10.3 Å². The molecule has 0 aliphatic heterocycles. The van der Waals surface area contributed by atoms with Crippen molar-refractivity contribution in [3.05, 3.63) is 57.7 Å². The van der Waals surface area contributed by atoms with Crippen LogP contribution in [0.15, 0.2) is 36.5 Å². The second kappa shape index (κ2) is 7.92. The van der Waals surface area contributed by atoms with Crippen molar-refractivity contribution in [3.8, 4) is 11.5 Å².